The summed E-state index contributed by atoms with van der Waals surface area (Å²) in [6.45, 7) is 4.31. The molecule has 1 atom stereocenters. The summed E-state index contributed by atoms with van der Waals surface area (Å²) in [5, 5.41) is 0.700. The van der Waals surface area contributed by atoms with Crippen LogP contribution in [-0.2, 0) is 16.0 Å². The molecule has 0 saturated carbocycles. The lowest BCUT2D eigenvalue weighted by Gasteiger charge is -2.41. The Kier molecular flexibility index (Phi) is 4.56. The number of benzene rings is 2. The van der Waals surface area contributed by atoms with Gasteiger partial charge in [0.25, 0.3) is 5.91 Å². The average molecular weight is 385 g/mol. The molecular weight excluding hydrogens is 364 g/mol. The maximum absolute atomic E-state index is 13.1. The average Bonchev–Trinajstić information content (AvgIpc) is 2.67. The molecule has 2 aromatic rings. The highest BCUT2D eigenvalue weighted by Crippen LogP contribution is 2.30. The first-order valence-corrected chi connectivity index (χ1v) is 9.45. The molecule has 0 N–H and O–H groups in total. The van der Waals surface area contributed by atoms with Gasteiger partial charge in [-0.25, -0.2) is 4.79 Å². The van der Waals surface area contributed by atoms with Gasteiger partial charge in [0.15, 0.2) is 5.60 Å². The molecule has 0 bridgehead atoms. The number of hydrogen-bond donors (Lipinski definition) is 0. The Morgan fingerprint density at radius 1 is 1.07 bits per heavy atom. The van der Waals surface area contributed by atoms with Crippen molar-refractivity contribution in [2.75, 3.05) is 31.1 Å². The number of hydrogen-bond acceptors (Lipinski definition) is 4. The summed E-state index contributed by atoms with van der Waals surface area (Å²) < 4.78 is 5.58. The molecular formula is C21H21ClN2O3. The van der Waals surface area contributed by atoms with Crippen LogP contribution in [0.25, 0.3) is 0 Å². The summed E-state index contributed by atoms with van der Waals surface area (Å²) in [7, 11) is 0. The minimum absolute atomic E-state index is 0.129. The Bertz CT molecular complexity index is 893. The fraction of sp³-hybridized carbons (Fsp3) is 0.333. The van der Waals surface area contributed by atoms with Gasteiger partial charge in [0.1, 0.15) is 0 Å². The largest absolute Gasteiger partial charge is 0.445 e. The summed E-state index contributed by atoms with van der Waals surface area (Å²) in [5.41, 5.74) is 1.32. The minimum Gasteiger partial charge on any atom is -0.445 e. The van der Waals surface area contributed by atoms with Crippen molar-refractivity contribution in [3.8, 4) is 0 Å². The third-order valence-electron chi connectivity index (χ3n) is 5.28. The molecule has 2 aromatic carbocycles. The Labute approximate surface area is 163 Å². The Morgan fingerprint density at radius 2 is 1.81 bits per heavy atom. The number of nitrogens with zero attached hydrogens (tertiary/aromatic N) is 2. The van der Waals surface area contributed by atoms with Crippen molar-refractivity contribution in [3.63, 3.8) is 0 Å². The van der Waals surface area contributed by atoms with E-state index in [4.69, 9.17) is 16.3 Å². The molecule has 6 heteroatoms. The number of cyclic esters (lactones) is 1. The minimum atomic E-state index is -1.15. The standard InChI is InChI=1S/C21H21ClN2O3/c1-21(14-15-5-2-3-8-18(15)19(25)27-21)20(26)24-11-9-23(10-12-24)17-7-4-6-16(22)13-17/h2-8,13H,9-12,14H2,1H3. The second kappa shape index (κ2) is 6.89. The van der Waals surface area contributed by atoms with E-state index in [2.05, 4.69) is 4.90 Å². The van der Waals surface area contributed by atoms with E-state index in [0.29, 0.717) is 43.2 Å². The number of amides is 1. The van der Waals surface area contributed by atoms with Crippen LogP contribution in [0.15, 0.2) is 48.5 Å². The number of carbonyl (C=O) groups is 2. The first kappa shape index (κ1) is 17.9. The van der Waals surface area contributed by atoms with Crippen LogP contribution in [0, 0.1) is 0 Å². The number of piperazine rings is 1. The molecule has 1 unspecified atom stereocenters. The van der Waals surface area contributed by atoms with Crippen molar-refractivity contribution < 1.29 is 14.3 Å². The molecule has 2 aliphatic heterocycles. The van der Waals surface area contributed by atoms with Crippen LogP contribution in [0.5, 0.6) is 0 Å². The Balaban J connectivity index is 1.46. The molecule has 2 heterocycles. The Morgan fingerprint density at radius 3 is 2.56 bits per heavy atom. The van der Waals surface area contributed by atoms with Crippen LogP contribution in [-0.4, -0.2) is 48.6 Å². The Hall–Kier alpha value is -2.53. The maximum Gasteiger partial charge on any atom is 0.339 e. The van der Waals surface area contributed by atoms with E-state index in [0.717, 1.165) is 11.3 Å². The lowest BCUT2D eigenvalue weighted by atomic mass is 9.88. The van der Waals surface area contributed by atoms with Crippen molar-refractivity contribution in [2.24, 2.45) is 0 Å². The normalized spacial score (nSPS) is 22.2. The smallest absolute Gasteiger partial charge is 0.339 e. The van der Waals surface area contributed by atoms with Crippen LogP contribution >= 0.6 is 11.6 Å². The van der Waals surface area contributed by atoms with Crippen molar-refractivity contribution in [1.29, 1.82) is 0 Å². The number of anilines is 1. The first-order chi connectivity index (χ1) is 13.0. The summed E-state index contributed by atoms with van der Waals surface area (Å²) in [5.74, 6) is -0.554. The fourth-order valence-corrected chi connectivity index (χ4v) is 4.01. The maximum atomic E-state index is 13.1. The van der Waals surface area contributed by atoms with Gasteiger partial charge in [-0.05, 0) is 36.8 Å². The van der Waals surface area contributed by atoms with Crippen LogP contribution in [0.3, 0.4) is 0 Å². The molecule has 1 amide bonds. The van der Waals surface area contributed by atoms with Crippen LogP contribution in [0.2, 0.25) is 5.02 Å². The fourth-order valence-electron chi connectivity index (χ4n) is 3.83. The predicted octanol–water partition coefficient (Wildman–Crippen LogP) is 3.16. The number of carbonyl (C=O) groups excluding carboxylic acids is 2. The molecule has 27 heavy (non-hydrogen) atoms. The molecule has 0 radical (unpaired) electrons. The van der Waals surface area contributed by atoms with E-state index >= 15 is 0 Å². The van der Waals surface area contributed by atoms with Gasteiger partial charge in [-0.15, -0.1) is 0 Å². The molecule has 2 aliphatic rings. The zero-order chi connectivity index (χ0) is 19.0. The lowest BCUT2D eigenvalue weighted by Crippen LogP contribution is -2.58. The number of esters is 1. The van der Waals surface area contributed by atoms with Crippen molar-refractivity contribution in [3.05, 3.63) is 64.7 Å². The van der Waals surface area contributed by atoms with E-state index in [1.54, 1.807) is 24.0 Å². The molecule has 0 aliphatic carbocycles. The number of halogens is 1. The molecule has 5 nitrogen and oxygen atoms in total. The highest BCUT2D eigenvalue weighted by Gasteiger charge is 2.45. The van der Waals surface area contributed by atoms with Crippen molar-refractivity contribution in [1.82, 2.24) is 4.90 Å². The van der Waals surface area contributed by atoms with E-state index in [1.165, 1.54) is 0 Å². The van der Waals surface area contributed by atoms with E-state index in [9.17, 15) is 9.59 Å². The van der Waals surface area contributed by atoms with Gasteiger partial charge in [0.2, 0.25) is 0 Å². The van der Waals surface area contributed by atoms with Gasteiger partial charge in [-0.2, -0.15) is 0 Å². The highest BCUT2D eigenvalue weighted by molar-refractivity contribution is 6.30. The van der Waals surface area contributed by atoms with Crippen LogP contribution in [0.1, 0.15) is 22.8 Å². The first-order valence-electron chi connectivity index (χ1n) is 9.07. The summed E-state index contributed by atoms with van der Waals surface area (Å²) in [6, 6.07) is 15.0. The van der Waals surface area contributed by atoms with Crippen molar-refractivity contribution in [2.45, 2.75) is 18.9 Å². The van der Waals surface area contributed by atoms with Crippen molar-refractivity contribution >= 4 is 29.2 Å². The van der Waals surface area contributed by atoms with Gasteiger partial charge in [0.05, 0.1) is 5.56 Å². The SMILES string of the molecule is CC1(C(=O)N2CCN(c3cccc(Cl)c3)CC2)Cc2ccccc2C(=O)O1. The van der Waals surface area contributed by atoms with Gasteiger partial charge in [-0.3, -0.25) is 4.79 Å². The van der Waals surface area contributed by atoms with E-state index < -0.39 is 11.6 Å². The quantitative estimate of drug-likeness (QED) is 0.746. The van der Waals surface area contributed by atoms with Crippen LogP contribution in [0.4, 0.5) is 5.69 Å². The summed E-state index contributed by atoms with van der Waals surface area (Å²) in [4.78, 5) is 29.5. The number of rotatable bonds is 2. The second-order valence-electron chi connectivity index (χ2n) is 7.21. The molecule has 1 fully saturated rings. The summed E-state index contributed by atoms with van der Waals surface area (Å²) >= 11 is 6.08. The highest BCUT2D eigenvalue weighted by atomic mass is 35.5. The molecule has 1 saturated heterocycles. The summed E-state index contributed by atoms with van der Waals surface area (Å²) in [6.07, 6.45) is 0.405. The van der Waals surface area contributed by atoms with Crippen LogP contribution < -0.4 is 4.90 Å². The predicted molar refractivity (Wildman–Crippen MR) is 104 cm³/mol. The molecule has 0 aromatic heterocycles. The molecule has 4 rings (SSSR count). The lowest BCUT2D eigenvalue weighted by molar-refractivity contribution is -0.151. The van der Waals surface area contributed by atoms with Gasteiger partial charge < -0.3 is 14.5 Å². The zero-order valence-corrected chi connectivity index (χ0v) is 15.9. The zero-order valence-electron chi connectivity index (χ0n) is 15.2. The van der Waals surface area contributed by atoms with Gasteiger partial charge >= 0.3 is 5.97 Å². The van der Waals surface area contributed by atoms with E-state index in [-0.39, 0.29) is 5.91 Å². The second-order valence-corrected chi connectivity index (χ2v) is 7.65. The monoisotopic (exact) mass is 384 g/mol. The molecule has 0 spiro atoms. The number of ether oxygens (including phenoxy) is 1. The number of fused-ring (bicyclic) bond motifs is 1. The molecule has 140 valence electrons. The van der Waals surface area contributed by atoms with E-state index in [1.807, 2.05) is 36.4 Å². The third-order valence-corrected chi connectivity index (χ3v) is 5.51. The van der Waals surface area contributed by atoms with Gasteiger partial charge in [0, 0.05) is 43.3 Å². The van der Waals surface area contributed by atoms with Gasteiger partial charge in [-0.1, -0.05) is 35.9 Å². The topological polar surface area (TPSA) is 49.9 Å². The third kappa shape index (κ3) is 3.39.